The van der Waals surface area contributed by atoms with Gasteiger partial charge in [0, 0.05) is 16.5 Å². The number of nitrogens with one attached hydrogen (secondary N) is 1. The fourth-order valence-electron chi connectivity index (χ4n) is 3.65. The van der Waals surface area contributed by atoms with Crippen molar-refractivity contribution in [2.75, 3.05) is 19.0 Å². The molecule has 0 fully saturated rings. The summed E-state index contributed by atoms with van der Waals surface area (Å²) in [5.41, 5.74) is 3.03. The van der Waals surface area contributed by atoms with E-state index in [4.69, 9.17) is 26.2 Å². The van der Waals surface area contributed by atoms with Gasteiger partial charge in [-0.3, -0.25) is 0 Å². The average molecular weight is 564 g/mol. The Morgan fingerprint density at radius 3 is 2.79 bits per heavy atom. The van der Waals surface area contributed by atoms with Crippen molar-refractivity contribution in [3.05, 3.63) is 74.4 Å². The Kier molecular flexibility index (Phi) is 7.85. The first-order valence-corrected chi connectivity index (χ1v) is 12.9. The molecule has 1 aliphatic rings. The molecule has 0 bridgehead atoms. The van der Waals surface area contributed by atoms with E-state index >= 15 is 0 Å². The molecule has 34 heavy (non-hydrogen) atoms. The number of carbonyl (C=O) groups is 1. The van der Waals surface area contributed by atoms with Gasteiger partial charge in [0.2, 0.25) is 11.1 Å². The summed E-state index contributed by atoms with van der Waals surface area (Å²) in [6.45, 7) is 4.16. The van der Waals surface area contributed by atoms with Crippen LogP contribution in [-0.4, -0.2) is 34.5 Å². The topological polar surface area (TPSA) is 78.3 Å². The lowest BCUT2D eigenvalue weighted by Crippen LogP contribution is -2.29. The molecule has 1 aliphatic heterocycles. The Morgan fingerprint density at radius 1 is 1.29 bits per heavy atom. The monoisotopic (exact) mass is 562 g/mol. The third kappa shape index (κ3) is 5.11. The quantitative estimate of drug-likeness (QED) is 0.257. The SMILES string of the molecule is CCCOC(=O)C1=C(C)Nc2nc(SCc3ccccc3Cl)nn2C1c1ccc(OC)c(Br)c1. The van der Waals surface area contributed by atoms with Crippen molar-refractivity contribution in [3.8, 4) is 5.75 Å². The smallest absolute Gasteiger partial charge is 0.338 e. The molecule has 0 amide bonds. The minimum atomic E-state index is -0.509. The van der Waals surface area contributed by atoms with Crippen molar-refractivity contribution in [1.82, 2.24) is 14.8 Å². The number of aromatic nitrogens is 3. The maximum absolute atomic E-state index is 13.1. The van der Waals surface area contributed by atoms with Gasteiger partial charge in [-0.05, 0) is 58.6 Å². The molecule has 0 saturated carbocycles. The molecular formula is C24H24BrClN4O3S. The van der Waals surface area contributed by atoms with E-state index in [2.05, 4.69) is 26.2 Å². The van der Waals surface area contributed by atoms with E-state index in [9.17, 15) is 4.79 Å². The van der Waals surface area contributed by atoms with Crippen LogP contribution in [0, 0.1) is 0 Å². The molecule has 0 spiro atoms. The number of hydrogen-bond acceptors (Lipinski definition) is 7. The van der Waals surface area contributed by atoms with Crippen LogP contribution in [-0.2, 0) is 15.3 Å². The largest absolute Gasteiger partial charge is 0.496 e. The summed E-state index contributed by atoms with van der Waals surface area (Å²) >= 11 is 11.3. The fourth-order valence-corrected chi connectivity index (χ4v) is 5.32. The number of anilines is 1. The second-order valence-electron chi connectivity index (χ2n) is 7.64. The zero-order chi connectivity index (χ0) is 24.2. The normalized spacial score (nSPS) is 15.0. The van der Waals surface area contributed by atoms with Gasteiger partial charge in [-0.1, -0.05) is 54.6 Å². The third-order valence-electron chi connectivity index (χ3n) is 5.30. The Labute approximate surface area is 216 Å². The van der Waals surface area contributed by atoms with Crippen molar-refractivity contribution < 1.29 is 14.3 Å². The molecule has 1 N–H and O–H groups in total. The fraction of sp³-hybridized carbons (Fsp3) is 0.292. The standard InChI is InChI=1S/C24H24BrClN4O3S/c1-4-11-33-22(31)20-14(2)27-23-28-24(34-13-16-7-5-6-8-18(16)26)29-30(23)21(20)15-9-10-19(32-3)17(25)12-15/h5-10,12,21H,4,11,13H2,1-3H3,(H,27,28,29). The third-order valence-corrected chi connectivity index (χ3v) is 7.17. The minimum absolute atomic E-state index is 0.345. The van der Waals surface area contributed by atoms with E-state index in [-0.39, 0.29) is 5.97 Å². The van der Waals surface area contributed by atoms with Crippen LogP contribution in [0.15, 0.2) is 63.4 Å². The van der Waals surface area contributed by atoms with Gasteiger partial charge in [0.1, 0.15) is 11.8 Å². The number of esters is 1. The van der Waals surface area contributed by atoms with Crippen molar-refractivity contribution in [2.45, 2.75) is 37.2 Å². The first kappa shape index (κ1) is 24.6. The molecule has 0 radical (unpaired) electrons. The number of allylic oxidation sites excluding steroid dienone is 1. The first-order valence-electron chi connectivity index (χ1n) is 10.7. The van der Waals surface area contributed by atoms with Gasteiger partial charge in [-0.15, -0.1) is 5.10 Å². The van der Waals surface area contributed by atoms with E-state index < -0.39 is 6.04 Å². The van der Waals surface area contributed by atoms with Crippen LogP contribution < -0.4 is 10.1 Å². The second-order valence-corrected chi connectivity index (χ2v) is 9.84. The van der Waals surface area contributed by atoms with Crippen LogP contribution >= 0.6 is 39.3 Å². The summed E-state index contributed by atoms with van der Waals surface area (Å²) in [6, 6.07) is 12.9. The van der Waals surface area contributed by atoms with Gasteiger partial charge in [0.15, 0.2) is 0 Å². The molecular weight excluding hydrogens is 540 g/mol. The molecule has 1 atom stereocenters. The van der Waals surface area contributed by atoms with Crippen molar-refractivity contribution in [2.24, 2.45) is 0 Å². The summed E-state index contributed by atoms with van der Waals surface area (Å²) in [5, 5.41) is 9.26. The number of carbonyl (C=O) groups excluding carboxylic acids is 1. The van der Waals surface area contributed by atoms with Gasteiger partial charge < -0.3 is 14.8 Å². The Balaban J connectivity index is 1.71. The number of fused-ring (bicyclic) bond motifs is 1. The van der Waals surface area contributed by atoms with E-state index in [0.717, 1.165) is 22.0 Å². The number of halogens is 2. The number of rotatable bonds is 8. The number of benzene rings is 2. The van der Waals surface area contributed by atoms with Crippen LogP contribution in [0.5, 0.6) is 5.75 Å². The number of ether oxygens (including phenoxy) is 2. The highest BCUT2D eigenvalue weighted by Gasteiger charge is 2.35. The van der Waals surface area contributed by atoms with Gasteiger partial charge in [-0.2, -0.15) is 4.98 Å². The van der Waals surface area contributed by atoms with E-state index in [1.165, 1.54) is 11.8 Å². The highest BCUT2D eigenvalue weighted by Crippen LogP contribution is 2.39. The minimum Gasteiger partial charge on any atom is -0.496 e. The Bertz CT molecular complexity index is 1250. The molecule has 2 heterocycles. The van der Waals surface area contributed by atoms with E-state index in [0.29, 0.717) is 45.5 Å². The van der Waals surface area contributed by atoms with Crippen molar-refractivity contribution in [3.63, 3.8) is 0 Å². The van der Waals surface area contributed by atoms with Crippen LogP contribution in [0.2, 0.25) is 5.02 Å². The predicted molar refractivity (Wildman–Crippen MR) is 137 cm³/mol. The summed E-state index contributed by atoms with van der Waals surface area (Å²) in [6.07, 6.45) is 0.738. The molecule has 1 unspecified atom stereocenters. The zero-order valence-electron chi connectivity index (χ0n) is 19.0. The van der Waals surface area contributed by atoms with Crippen LogP contribution in [0.3, 0.4) is 0 Å². The number of thioether (sulfide) groups is 1. The van der Waals surface area contributed by atoms with Crippen molar-refractivity contribution >= 4 is 51.2 Å². The number of hydrogen-bond donors (Lipinski definition) is 1. The zero-order valence-corrected chi connectivity index (χ0v) is 22.1. The molecule has 0 saturated heterocycles. The van der Waals surface area contributed by atoms with Crippen LogP contribution in [0.4, 0.5) is 5.95 Å². The lowest BCUT2D eigenvalue weighted by atomic mass is 9.96. The van der Waals surface area contributed by atoms with Gasteiger partial charge in [-0.25, -0.2) is 9.48 Å². The Hall–Kier alpha value is -2.49. The Morgan fingerprint density at radius 2 is 2.09 bits per heavy atom. The molecule has 0 aliphatic carbocycles. The number of methoxy groups -OCH3 is 1. The summed E-state index contributed by atoms with van der Waals surface area (Å²) < 4.78 is 13.4. The van der Waals surface area contributed by atoms with Crippen LogP contribution in [0.25, 0.3) is 0 Å². The molecule has 178 valence electrons. The summed E-state index contributed by atoms with van der Waals surface area (Å²) in [4.78, 5) is 17.8. The molecule has 1 aromatic heterocycles. The lowest BCUT2D eigenvalue weighted by molar-refractivity contribution is -0.139. The summed E-state index contributed by atoms with van der Waals surface area (Å²) in [7, 11) is 1.61. The summed E-state index contributed by atoms with van der Waals surface area (Å²) in [5.74, 6) is 1.50. The van der Waals surface area contributed by atoms with Gasteiger partial charge >= 0.3 is 5.97 Å². The second kappa shape index (κ2) is 10.8. The molecule has 2 aromatic carbocycles. The number of nitrogens with zero attached hydrogens (tertiary/aromatic N) is 3. The van der Waals surface area contributed by atoms with Gasteiger partial charge in [0.25, 0.3) is 0 Å². The molecule has 10 heteroatoms. The molecule has 7 nitrogen and oxygen atoms in total. The highest BCUT2D eigenvalue weighted by atomic mass is 79.9. The van der Waals surface area contributed by atoms with Gasteiger partial charge in [0.05, 0.1) is 23.8 Å². The molecule has 4 rings (SSSR count). The predicted octanol–water partition coefficient (Wildman–Crippen LogP) is 6.24. The first-order chi connectivity index (χ1) is 16.4. The van der Waals surface area contributed by atoms with Crippen LogP contribution in [0.1, 0.15) is 37.4 Å². The maximum atomic E-state index is 13.1. The maximum Gasteiger partial charge on any atom is 0.338 e. The average Bonchev–Trinajstić information content (AvgIpc) is 3.23. The van der Waals surface area contributed by atoms with E-state index in [1.54, 1.807) is 11.8 Å². The van der Waals surface area contributed by atoms with E-state index in [1.807, 2.05) is 56.3 Å². The molecule has 3 aromatic rings. The highest BCUT2D eigenvalue weighted by molar-refractivity contribution is 9.10. The van der Waals surface area contributed by atoms with Crippen molar-refractivity contribution in [1.29, 1.82) is 0 Å². The lowest BCUT2D eigenvalue weighted by Gasteiger charge is -2.28.